The van der Waals surface area contributed by atoms with Gasteiger partial charge < -0.3 is 8.94 Å². The Morgan fingerprint density at radius 3 is 2.78 bits per heavy atom. The normalized spacial score (nSPS) is 11.8. The fourth-order valence-electron chi connectivity index (χ4n) is 2.16. The number of halogens is 3. The molecule has 0 spiro atoms. The van der Waals surface area contributed by atoms with Crippen LogP contribution in [-0.2, 0) is 11.9 Å². The zero-order valence-corrected chi connectivity index (χ0v) is 14.9. The van der Waals surface area contributed by atoms with E-state index in [1.54, 1.807) is 0 Å². The van der Waals surface area contributed by atoms with E-state index < -0.39 is 11.7 Å². The molecule has 4 aromatic rings. The summed E-state index contributed by atoms with van der Waals surface area (Å²) in [7, 11) is 0. The molecule has 0 amide bonds. The Kier molecular flexibility index (Phi) is 4.70. The van der Waals surface area contributed by atoms with Crippen LogP contribution in [0.15, 0.2) is 55.9 Å². The SMILES string of the molecule is FC(F)(F)c1cccc(-c2noc(CSc3nnc(-c4cccs4)o3)n2)c1. The second kappa shape index (κ2) is 7.16. The van der Waals surface area contributed by atoms with Crippen LogP contribution in [0.2, 0.25) is 0 Å². The van der Waals surface area contributed by atoms with E-state index in [0.717, 1.165) is 17.0 Å². The molecule has 0 fully saturated rings. The lowest BCUT2D eigenvalue weighted by Gasteiger charge is -2.06. The van der Waals surface area contributed by atoms with Crippen LogP contribution in [0.4, 0.5) is 13.2 Å². The van der Waals surface area contributed by atoms with Crippen molar-refractivity contribution in [1.82, 2.24) is 20.3 Å². The van der Waals surface area contributed by atoms with E-state index in [4.69, 9.17) is 8.94 Å². The molecule has 6 nitrogen and oxygen atoms in total. The van der Waals surface area contributed by atoms with Gasteiger partial charge in [0.05, 0.1) is 16.2 Å². The largest absolute Gasteiger partial charge is 0.416 e. The number of hydrogen-bond acceptors (Lipinski definition) is 8. The first-order valence-corrected chi connectivity index (χ1v) is 9.36. The van der Waals surface area contributed by atoms with Crippen molar-refractivity contribution in [1.29, 1.82) is 0 Å². The molecule has 11 heteroatoms. The third-order valence-electron chi connectivity index (χ3n) is 3.37. The van der Waals surface area contributed by atoms with E-state index in [1.807, 2.05) is 17.5 Å². The van der Waals surface area contributed by atoms with Gasteiger partial charge in [-0.2, -0.15) is 18.2 Å². The predicted molar refractivity (Wildman–Crippen MR) is 91.9 cm³/mol. The van der Waals surface area contributed by atoms with Gasteiger partial charge in [0.2, 0.25) is 11.7 Å². The summed E-state index contributed by atoms with van der Waals surface area (Å²) in [6, 6.07) is 8.50. The van der Waals surface area contributed by atoms with Crippen molar-refractivity contribution in [3.05, 3.63) is 53.2 Å². The summed E-state index contributed by atoms with van der Waals surface area (Å²) < 4.78 is 49.1. The lowest BCUT2D eigenvalue weighted by molar-refractivity contribution is -0.137. The Bertz CT molecular complexity index is 1040. The minimum atomic E-state index is -4.43. The number of alkyl halides is 3. The zero-order chi connectivity index (χ0) is 18.9. The Morgan fingerprint density at radius 2 is 2.00 bits per heavy atom. The highest BCUT2D eigenvalue weighted by Crippen LogP contribution is 2.32. The summed E-state index contributed by atoms with van der Waals surface area (Å²) >= 11 is 2.68. The summed E-state index contributed by atoms with van der Waals surface area (Å²) in [5.41, 5.74) is -0.546. The molecule has 3 heterocycles. The number of benzene rings is 1. The lowest BCUT2D eigenvalue weighted by atomic mass is 10.1. The van der Waals surface area contributed by atoms with Gasteiger partial charge in [0.15, 0.2) is 0 Å². The average Bonchev–Trinajstić information content (AvgIpc) is 3.39. The number of rotatable bonds is 5. The predicted octanol–water partition coefficient (Wildman–Crippen LogP) is 5.16. The fourth-order valence-corrected chi connectivity index (χ4v) is 3.40. The van der Waals surface area contributed by atoms with E-state index in [9.17, 15) is 13.2 Å². The summed E-state index contributed by atoms with van der Waals surface area (Å²) in [4.78, 5) is 4.98. The van der Waals surface area contributed by atoms with Crippen LogP contribution in [0.5, 0.6) is 0 Å². The van der Waals surface area contributed by atoms with Gasteiger partial charge in [0.25, 0.3) is 11.1 Å². The average molecular weight is 410 g/mol. The molecule has 0 saturated carbocycles. The number of thiophene rings is 1. The van der Waals surface area contributed by atoms with Gasteiger partial charge in [0.1, 0.15) is 0 Å². The minimum Gasteiger partial charge on any atom is -0.410 e. The molecule has 4 rings (SSSR count). The highest BCUT2D eigenvalue weighted by Gasteiger charge is 2.30. The van der Waals surface area contributed by atoms with Crippen LogP contribution in [0.25, 0.3) is 22.2 Å². The fraction of sp³-hybridized carbons (Fsp3) is 0.125. The van der Waals surface area contributed by atoms with Crippen molar-refractivity contribution < 1.29 is 22.1 Å². The summed E-state index contributed by atoms with van der Waals surface area (Å²) in [6.07, 6.45) is -4.43. The molecule has 0 saturated heterocycles. The molecular weight excluding hydrogens is 401 g/mol. The number of nitrogens with zero attached hydrogens (tertiary/aromatic N) is 4. The number of hydrogen-bond donors (Lipinski definition) is 0. The highest BCUT2D eigenvalue weighted by molar-refractivity contribution is 7.98. The molecule has 0 atom stereocenters. The van der Waals surface area contributed by atoms with Crippen molar-refractivity contribution in [3.63, 3.8) is 0 Å². The van der Waals surface area contributed by atoms with Crippen LogP contribution >= 0.6 is 23.1 Å². The van der Waals surface area contributed by atoms with E-state index in [2.05, 4.69) is 20.3 Å². The maximum Gasteiger partial charge on any atom is 0.416 e. The molecule has 0 aliphatic carbocycles. The lowest BCUT2D eigenvalue weighted by Crippen LogP contribution is -2.04. The van der Waals surface area contributed by atoms with Gasteiger partial charge in [0, 0.05) is 5.56 Å². The van der Waals surface area contributed by atoms with Crippen LogP contribution in [-0.4, -0.2) is 20.3 Å². The van der Waals surface area contributed by atoms with Crippen LogP contribution in [0, 0.1) is 0 Å². The van der Waals surface area contributed by atoms with Crippen LogP contribution < -0.4 is 0 Å². The molecule has 0 unspecified atom stereocenters. The zero-order valence-electron chi connectivity index (χ0n) is 13.3. The van der Waals surface area contributed by atoms with Crippen molar-refractivity contribution in [3.8, 4) is 22.2 Å². The molecule has 1 aromatic carbocycles. The molecule has 0 N–H and O–H groups in total. The second-order valence-electron chi connectivity index (χ2n) is 5.23. The van der Waals surface area contributed by atoms with Gasteiger partial charge in [-0.25, -0.2) is 0 Å². The van der Waals surface area contributed by atoms with E-state index in [1.165, 1.54) is 35.2 Å². The first-order valence-electron chi connectivity index (χ1n) is 7.49. The molecule has 0 bridgehead atoms. The maximum atomic E-state index is 12.8. The van der Waals surface area contributed by atoms with E-state index in [0.29, 0.717) is 11.1 Å². The van der Waals surface area contributed by atoms with Crippen LogP contribution in [0.3, 0.4) is 0 Å². The molecule has 3 aromatic heterocycles. The molecule has 0 radical (unpaired) electrons. The molecule has 27 heavy (non-hydrogen) atoms. The standard InChI is InChI=1S/C16H9F3N4O2S2/c17-16(18,19)10-4-1-3-9(7-10)13-20-12(25-23-13)8-27-15-22-21-14(24-15)11-5-2-6-26-11/h1-7H,8H2. The van der Waals surface area contributed by atoms with Gasteiger partial charge >= 0.3 is 6.18 Å². The third-order valence-corrected chi connectivity index (χ3v) is 5.03. The van der Waals surface area contributed by atoms with Crippen LogP contribution in [0.1, 0.15) is 11.5 Å². The Labute approximate surface area is 158 Å². The van der Waals surface area contributed by atoms with E-state index in [-0.39, 0.29) is 23.0 Å². The van der Waals surface area contributed by atoms with E-state index >= 15 is 0 Å². The third kappa shape index (κ3) is 4.03. The Balaban J connectivity index is 1.44. The Hall–Kier alpha value is -2.66. The quantitative estimate of drug-likeness (QED) is 0.421. The van der Waals surface area contributed by atoms with Crippen molar-refractivity contribution in [2.45, 2.75) is 17.2 Å². The number of aromatic nitrogens is 4. The summed E-state index contributed by atoms with van der Waals surface area (Å²) in [5.74, 6) is 0.991. The second-order valence-corrected chi connectivity index (χ2v) is 7.10. The molecule has 0 aliphatic heterocycles. The summed E-state index contributed by atoms with van der Waals surface area (Å²) in [5, 5.41) is 13.9. The first kappa shape index (κ1) is 17.7. The van der Waals surface area contributed by atoms with Gasteiger partial charge in [-0.15, -0.1) is 21.5 Å². The van der Waals surface area contributed by atoms with Gasteiger partial charge in [-0.05, 0) is 23.6 Å². The highest BCUT2D eigenvalue weighted by atomic mass is 32.2. The number of thioether (sulfide) groups is 1. The minimum absolute atomic E-state index is 0.0847. The first-order chi connectivity index (χ1) is 13.0. The summed E-state index contributed by atoms with van der Waals surface area (Å²) in [6.45, 7) is 0. The van der Waals surface area contributed by atoms with Gasteiger partial charge in [-0.1, -0.05) is 35.1 Å². The smallest absolute Gasteiger partial charge is 0.410 e. The monoisotopic (exact) mass is 410 g/mol. The molecular formula is C16H9F3N4O2S2. The molecule has 0 aliphatic rings. The van der Waals surface area contributed by atoms with Crippen molar-refractivity contribution in [2.24, 2.45) is 0 Å². The Morgan fingerprint density at radius 1 is 1.11 bits per heavy atom. The van der Waals surface area contributed by atoms with Gasteiger partial charge in [-0.3, -0.25) is 0 Å². The van der Waals surface area contributed by atoms with Crippen molar-refractivity contribution in [2.75, 3.05) is 0 Å². The maximum absolute atomic E-state index is 12.8. The topological polar surface area (TPSA) is 77.8 Å². The van der Waals surface area contributed by atoms with Crippen molar-refractivity contribution >= 4 is 23.1 Å². The molecule has 138 valence electrons.